The van der Waals surface area contributed by atoms with Crippen LogP contribution in [-0.2, 0) is 10.3 Å². The Morgan fingerprint density at radius 1 is 0.848 bits per heavy atom. The summed E-state index contributed by atoms with van der Waals surface area (Å²) in [6.45, 7) is 1.87. The number of carbonyl (C=O) groups is 2. The van der Waals surface area contributed by atoms with Crippen LogP contribution in [0.1, 0.15) is 40.2 Å². The van der Waals surface area contributed by atoms with Crippen LogP contribution in [0.2, 0.25) is 0 Å². The Morgan fingerprint density at radius 2 is 1.52 bits per heavy atom. The second-order valence-electron chi connectivity index (χ2n) is 8.49. The van der Waals surface area contributed by atoms with Gasteiger partial charge in [-0.2, -0.15) is 0 Å². The second kappa shape index (κ2) is 6.65. The number of benzene rings is 3. The van der Waals surface area contributed by atoms with Crippen molar-refractivity contribution in [3.05, 3.63) is 112 Å². The zero-order valence-corrected chi connectivity index (χ0v) is 18.1. The molecule has 3 aromatic carbocycles. The monoisotopic (exact) mass is 436 g/mol. The first kappa shape index (κ1) is 19.5. The van der Waals surface area contributed by atoms with Crippen molar-refractivity contribution in [2.24, 2.45) is 0 Å². The number of hydrogen-bond donors (Lipinski definition) is 0. The SMILES string of the molecule is CC(c1ccccc1)N1C(=O)c2oc3ccccc3c(=O)c2C12C(=O)N(C)c1ccccc12. The van der Waals surface area contributed by atoms with Gasteiger partial charge in [-0.05, 0) is 30.7 Å². The Labute approximate surface area is 189 Å². The van der Waals surface area contributed by atoms with E-state index in [9.17, 15) is 14.4 Å². The second-order valence-corrected chi connectivity index (χ2v) is 8.49. The van der Waals surface area contributed by atoms with Crippen LogP contribution in [-0.4, -0.2) is 23.8 Å². The summed E-state index contributed by atoms with van der Waals surface area (Å²) in [5.41, 5.74) is 0.589. The van der Waals surface area contributed by atoms with Crippen LogP contribution in [0.15, 0.2) is 88.1 Å². The minimum absolute atomic E-state index is 0.0695. The van der Waals surface area contributed by atoms with Gasteiger partial charge in [0, 0.05) is 18.3 Å². The van der Waals surface area contributed by atoms with Crippen molar-refractivity contribution in [2.45, 2.75) is 18.5 Å². The van der Waals surface area contributed by atoms with Crippen LogP contribution in [0.4, 0.5) is 5.69 Å². The highest BCUT2D eigenvalue weighted by Crippen LogP contribution is 2.54. The number of rotatable bonds is 2. The summed E-state index contributed by atoms with van der Waals surface area (Å²) in [7, 11) is 1.67. The van der Waals surface area contributed by atoms with E-state index in [2.05, 4.69) is 0 Å². The fourth-order valence-electron chi connectivity index (χ4n) is 5.36. The summed E-state index contributed by atoms with van der Waals surface area (Å²) >= 11 is 0. The highest BCUT2D eigenvalue weighted by atomic mass is 16.3. The van der Waals surface area contributed by atoms with Crippen LogP contribution < -0.4 is 10.3 Å². The van der Waals surface area contributed by atoms with Gasteiger partial charge < -0.3 is 14.2 Å². The molecule has 2 amide bonds. The van der Waals surface area contributed by atoms with Crippen molar-refractivity contribution in [3.63, 3.8) is 0 Å². The van der Waals surface area contributed by atoms with E-state index < -0.39 is 17.5 Å². The zero-order chi connectivity index (χ0) is 22.9. The molecular formula is C27H20N2O4. The summed E-state index contributed by atoms with van der Waals surface area (Å²) in [4.78, 5) is 45.0. The lowest BCUT2D eigenvalue weighted by Crippen LogP contribution is -2.53. The molecule has 4 aromatic rings. The Bertz CT molecular complexity index is 1520. The minimum Gasteiger partial charge on any atom is -0.450 e. The Balaban J connectivity index is 1.76. The third-order valence-electron chi connectivity index (χ3n) is 6.87. The zero-order valence-electron chi connectivity index (χ0n) is 18.1. The molecule has 0 radical (unpaired) electrons. The number of carbonyl (C=O) groups excluding carboxylic acids is 2. The molecule has 0 bridgehead atoms. The van der Waals surface area contributed by atoms with Gasteiger partial charge in [0.25, 0.3) is 11.8 Å². The predicted octanol–water partition coefficient (Wildman–Crippen LogP) is 4.23. The van der Waals surface area contributed by atoms with E-state index in [-0.39, 0.29) is 22.7 Å². The smallest absolute Gasteiger partial charge is 0.292 e. The Hall–Kier alpha value is -4.19. The maximum Gasteiger partial charge on any atom is 0.292 e. The van der Waals surface area contributed by atoms with Gasteiger partial charge in [-0.1, -0.05) is 60.7 Å². The molecule has 162 valence electrons. The van der Waals surface area contributed by atoms with Gasteiger partial charge in [0.2, 0.25) is 5.76 Å². The minimum atomic E-state index is -1.60. The quantitative estimate of drug-likeness (QED) is 0.472. The largest absolute Gasteiger partial charge is 0.450 e. The first-order valence-electron chi connectivity index (χ1n) is 10.8. The maximum absolute atomic E-state index is 14.1. The molecule has 6 heteroatoms. The molecule has 2 aliphatic heterocycles. The summed E-state index contributed by atoms with van der Waals surface area (Å²) < 4.78 is 6.04. The topological polar surface area (TPSA) is 70.8 Å². The Morgan fingerprint density at radius 3 is 2.30 bits per heavy atom. The number of likely N-dealkylation sites (N-methyl/N-ethyl adjacent to an activating group) is 1. The van der Waals surface area contributed by atoms with E-state index in [1.807, 2.05) is 61.5 Å². The molecule has 2 atom stereocenters. The Kier molecular flexibility index (Phi) is 3.93. The number of hydrogen-bond acceptors (Lipinski definition) is 4. The predicted molar refractivity (Wildman–Crippen MR) is 124 cm³/mol. The molecule has 0 saturated heterocycles. The molecule has 6 rings (SSSR count). The molecule has 0 aliphatic carbocycles. The van der Waals surface area contributed by atoms with Crippen LogP contribution in [0, 0.1) is 0 Å². The van der Waals surface area contributed by atoms with Gasteiger partial charge in [-0.3, -0.25) is 14.4 Å². The summed E-state index contributed by atoms with van der Waals surface area (Å²) in [5, 5.41) is 0.345. The van der Waals surface area contributed by atoms with Gasteiger partial charge in [-0.25, -0.2) is 0 Å². The summed E-state index contributed by atoms with van der Waals surface area (Å²) in [6.07, 6.45) is 0. The molecular weight excluding hydrogens is 416 g/mol. The summed E-state index contributed by atoms with van der Waals surface area (Å²) in [5.74, 6) is -0.885. The van der Waals surface area contributed by atoms with E-state index in [0.717, 1.165) is 5.56 Å². The number of para-hydroxylation sites is 2. The highest BCUT2D eigenvalue weighted by molar-refractivity contribution is 6.17. The molecule has 3 heterocycles. The lowest BCUT2D eigenvalue weighted by Gasteiger charge is -2.38. The molecule has 1 spiro atoms. The molecule has 2 aliphatic rings. The molecule has 33 heavy (non-hydrogen) atoms. The number of fused-ring (bicyclic) bond motifs is 5. The van der Waals surface area contributed by atoms with Gasteiger partial charge in [0.05, 0.1) is 17.0 Å². The van der Waals surface area contributed by atoms with Crippen LogP contribution >= 0.6 is 0 Å². The fraction of sp³-hybridized carbons (Fsp3) is 0.148. The first-order chi connectivity index (χ1) is 16.0. The van der Waals surface area contributed by atoms with Crippen LogP contribution in [0.3, 0.4) is 0 Å². The van der Waals surface area contributed by atoms with Gasteiger partial charge in [-0.15, -0.1) is 0 Å². The molecule has 6 nitrogen and oxygen atoms in total. The maximum atomic E-state index is 14.1. The highest BCUT2D eigenvalue weighted by Gasteiger charge is 2.65. The van der Waals surface area contributed by atoms with Gasteiger partial charge >= 0.3 is 0 Å². The van der Waals surface area contributed by atoms with Crippen molar-refractivity contribution < 1.29 is 14.0 Å². The number of amides is 2. The fourth-order valence-corrected chi connectivity index (χ4v) is 5.36. The van der Waals surface area contributed by atoms with Crippen molar-refractivity contribution in [1.29, 1.82) is 0 Å². The van der Waals surface area contributed by atoms with E-state index in [1.165, 1.54) is 9.80 Å². The molecule has 0 fully saturated rings. The molecule has 0 N–H and O–H groups in total. The average Bonchev–Trinajstić information content (AvgIpc) is 3.24. The van der Waals surface area contributed by atoms with Crippen LogP contribution in [0.5, 0.6) is 0 Å². The normalized spacial score (nSPS) is 19.9. The van der Waals surface area contributed by atoms with Crippen molar-refractivity contribution in [1.82, 2.24) is 4.90 Å². The van der Waals surface area contributed by atoms with Gasteiger partial charge in [0.15, 0.2) is 11.0 Å². The van der Waals surface area contributed by atoms with E-state index in [0.29, 0.717) is 22.2 Å². The average molecular weight is 436 g/mol. The van der Waals surface area contributed by atoms with Gasteiger partial charge in [0.1, 0.15) is 5.58 Å². The van der Waals surface area contributed by atoms with Crippen molar-refractivity contribution in [2.75, 3.05) is 11.9 Å². The van der Waals surface area contributed by atoms with Crippen molar-refractivity contribution in [3.8, 4) is 0 Å². The lowest BCUT2D eigenvalue weighted by atomic mass is 9.83. The van der Waals surface area contributed by atoms with E-state index >= 15 is 0 Å². The first-order valence-corrected chi connectivity index (χ1v) is 10.8. The molecule has 1 aromatic heterocycles. The summed E-state index contributed by atoms with van der Waals surface area (Å²) in [6, 6.07) is 23.1. The van der Waals surface area contributed by atoms with Crippen LogP contribution in [0.25, 0.3) is 11.0 Å². The third-order valence-corrected chi connectivity index (χ3v) is 6.87. The number of nitrogens with zero attached hydrogens (tertiary/aromatic N) is 2. The lowest BCUT2D eigenvalue weighted by molar-refractivity contribution is -0.126. The molecule has 2 unspecified atom stereocenters. The third kappa shape index (κ3) is 2.30. The van der Waals surface area contributed by atoms with E-state index in [4.69, 9.17) is 4.42 Å². The molecule has 0 saturated carbocycles. The van der Waals surface area contributed by atoms with E-state index in [1.54, 1.807) is 31.3 Å². The van der Waals surface area contributed by atoms with Crippen molar-refractivity contribution >= 4 is 28.5 Å². The number of anilines is 1. The standard InChI is InChI=1S/C27H20N2O4/c1-16(17-10-4-3-5-11-17)29-25(31)24-22(23(30)18-12-6-9-15-21(18)33-24)27(29)19-13-7-8-14-20(19)28(2)26(27)32/h3-16H,1-2H3.